The van der Waals surface area contributed by atoms with Gasteiger partial charge in [-0.15, -0.1) is 0 Å². The first-order valence-corrected chi connectivity index (χ1v) is 3.16. The molecule has 0 atom stereocenters. The molecule has 0 bridgehead atoms. The Morgan fingerprint density at radius 1 is 1.50 bits per heavy atom. The van der Waals surface area contributed by atoms with Gasteiger partial charge < -0.3 is 0 Å². The van der Waals surface area contributed by atoms with Gasteiger partial charge in [0.25, 0.3) is 0 Å². The molecule has 1 heterocycles. The van der Waals surface area contributed by atoms with Crippen LogP contribution in [0, 0.1) is 0 Å². The third kappa shape index (κ3) is 1.33. The van der Waals surface area contributed by atoms with E-state index in [0.29, 0.717) is 6.26 Å². The molecule has 0 fully saturated rings. The molecule has 6 heteroatoms. The molecule has 10 heavy (non-hydrogen) atoms. The van der Waals surface area contributed by atoms with Gasteiger partial charge in [0.1, 0.15) is 0 Å². The summed E-state index contributed by atoms with van der Waals surface area (Å²) < 4.78 is 39.2. The molecule has 0 aliphatic heterocycles. The summed E-state index contributed by atoms with van der Waals surface area (Å²) >= 11 is 1.69. The summed E-state index contributed by atoms with van der Waals surface area (Å²) in [5, 5.41) is 3.06. The van der Waals surface area contributed by atoms with Crippen molar-refractivity contribution >= 4 is 20.6 Å². The number of aromatic nitrogens is 1. The first-order valence-electron chi connectivity index (χ1n) is 2.22. The number of nitrogens with zero attached hydrogens (tertiary/aromatic N) is 1. The standard InChI is InChI=1S/C4H2F3NOSe/c5-4(6,7)2-1-9-8-3(2)10/h1H,(H,8,10). The van der Waals surface area contributed by atoms with Crippen LogP contribution in [0.2, 0.25) is 0 Å². The summed E-state index contributed by atoms with van der Waals surface area (Å²) in [4.78, 5) is 0. The molecule has 0 saturated carbocycles. The number of hydrogen-bond donors (Lipinski definition) is 0. The van der Waals surface area contributed by atoms with Gasteiger partial charge >= 0.3 is 61.5 Å². The van der Waals surface area contributed by atoms with E-state index in [0.717, 1.165) is 0 Å². The Labute approximate surface area is 62.2 Å². The van der Waals surface area contributed by atoms with E-state index in [2.05, 4.69) is 9.68 Å². The van der Waals surface area contributed by atoms with Crippen molar-refractivity contribution in [2.24, 2.45) is 0 Å². The summed E-state index contributed by atoms with van der Waals surface area (Å²) in [7, 11) is 0. The topological polar surface area (TPSA) is 26.0 Å². The number of rotatable bonds is 0. The van der Waals surface area contributed by atoms with Gasteiger partial charge in [0.05, 0.1) is 0 Å². The molecule has 0 saturated heterocycles. The molecular formula is C4H2F3NOSe. The van der Waals surface area contributed by atoms with E-state index in [1.165, 1.54) is 0 Å². The van der Waals surface area contributed by atoms with Crippen molar-refractivity contribution in [3.8, 4) is 0 Å². The zero-order valence-corrected chi connectivity index (χ0v) is 6.39. The Kier molecular flexibility index (Phi) is 1.74. The number of alkyl halides is 3. The Bertz CT molecular complexity index is 231. The molecule has 0 amide bonds. The monoisotopic (exact) mass is 217 g/mol. The summed E-state index contributed by atoms with van der Waals surface area (Å²) in [5.41, 5.74) is -0.840. The van der Waals surface area contributed by atoms with Crippen LogP contribution in [0.25, 0.3) is 0 Å². The van der Waals surface area contributed by atoms with Crippen LogP contribution in [-0.2, 0) is 6.18 Å². The summed E-state index contributed by atoms with van der Waals surface area (Å²) in [5.74, 6) is 0. The molecule has 1 aromatic rings. The normalized spacial score (nSPS) is 12.0. The van der Waals surface area contributed by atoms with Gasteiger partial charge in [-0.2, -0.15) is 0 Å². The molecule has 0 N–H and O–H groups in total. The molecule has 0 radical (unpaired) electrons. The van der Waals surface area contributed by atoms with Crippen LogP contribution < -0.4 is 4.59 Å². The fraction of sp³-hybridized carbons (Fsp3) is 0.250. The molecule has 56 valence electrons. The van der Waals surface area contributed by atoms with E-state index in [9.17, 15) is 13.2 Å². The first kappa shape index (κ1) is 7.62. The zero-order valence-electron chi connectivity index (χ0n) is 4.51. The van der Waals surface area contributed by atoms with Crippen LogP contribution in [0.15, 0.2) is 10.8 Å². The maximum absolute atomic E-state index is 11.8. The third-order valence-electron chi connectivity index (χ3n) is 0.856. The van der Waals surface area contributed by atoms with E-state index in [-0.39, 0.29) is 4.59 Å². The van der Waals surface area contributed by atoms with Gasteiger partial charge in [-0.05, 0) is 0 Å². The molecule has 1 rings (SSSR count). The molecule has 0 unspecified atom stereocenters. The van der Waals surface area contributed by atoms with Crippen LogP contribution in [0.5, 0.6) is 0 Å². The Hall–Kier alpha value is -0.481. The summed E-state index contributed by atoms with van der Waals surface area (Å²) in [6.07, 6.45) is -3.78. The van der Waals surface area contributed by atoms with Crippen molar-refractivity contribution in [2.45, 2.75) is 6.18 Å². The van der Waals surface area contributed by atoms with Crippen LogP contribution in [0.1, 0.15) is 5.56 Å². The first-order chi connectivity index (χ1) is 4.52. The second kappa shape index (κ2) is 2.29. The SMILES string of the molecule is FC(F)(F)c1conc1[SeH]. The number of halogens is 3. The Morgan fingerprint density at radius 2 is 2.10 bits per heavy atom. The van der Waals surface area contributed by atoms with Crippen LogP contribution in [-0.4, -0.2) is 21.2 Å². The molecule has 0 aliphatic carbocycles. The van der Waals surface area contributed by atoms with Crippen molar-refractivity contribution in [3.05, 3.63) is 11.8 Å². The van der Waals surface area contributed by atoms with E-state index in [1.54, 1.807) is 16.0 Å². The van der Waals surface area contributed by atoms with Crippen molar-refractivity contribution in [3.63, 3.8) is 0 Å². The number of hydrogen-bond acceptors (Lipinski definition) is 2. The molecule has 0 spiro atoms. The van der Waals surface area contributed by atoms with Gasteiger partial charge in [0, 0.05) is 0 Å². The van der Waals surface area contributed by atoms with Crippen molar-refractivity contribution in [2.75, 3.05) is 0 Å². The molecule has 0 aromatic carbocycles. The fourth-order valence-electron chi connectivity index (χ4n) is 0.424. The predicted molar refractivity (Wildman–Crippen MR) is 28.3 cm³/mol. The van der Waals surface area contributed by atoms with E-state index < -0.39 is 11.7 Å². The van der Waals surface area contributed by atoms with E-state index in [1.807, 2.05) is 0 Å². The van der Waals surface area contributed by atoms with Crippen LogP contribution in [0.3, 0.4) is 0 Å². The van der Waals surface area contributed by atoms with Crippen LogP contribution >= 0.6 is 0 Å². The maximum atomic E-state index is 11.8. The fourth-order valence-corrected chi connectivity index (χ4v) is 0.900. The minimum atomic E-state index is -4.36. The van der Waals surface area contributed by atoms with Gasteiger partial charge in [-0.1, -0.05) is 0 Å². The van der Waals surface area contributed by atoms with E-state index >= 15 is 0 Å². The molecule has 0 aliphatic rings. The zero-order chi connectivity index (χ0) is 7.78. The quantitative estimate of drug-likeness (QED) is 0.580. The van der Waals surface area contributed by atoms with Crippen molar-refractivity contribution in [1.29, 1.82) is 0 Å². The molecule has 1 aromatic heterocycles. The predicted octanol–water partition coefficient (Wildman–Crippen LogP) is 0.219. The van der Waals surface area contributed by atoms with Crippen molar-refractivity contribution < 1.29 is 17.7 Å². The average Bonchev–Trinajstić information content (AvgIpc) is 2.11. The molecule has 2 nitrogen and oxygen atoms in total. The average molecular weight is 216 g/mol. The van der Waals surface area contributed by atoms with Crippen molar-refractivity contribution in [1.82, 2.24) is 5.16 Å². The van der Waals surface area contributed by atoms with E-state index in [4.69, 9.17) is 0 Å². The third-order valence-corrected chi connectivity index (χ3v) is 1.53. The van der Waals surface area contributed by atoms with Crippen LogP contribution in [0.4, 0.5) is 13.2 Å². The summed E-state index contributed by atoms with van der Waals surface area (Å²) in [6.45, 7) is 0. The molecular weight excluding hydrogens is 214 g/mol. The Balaban J connectivity index is 3.05. The van der Waals surface area contributed by atoms with Gasteiger partial charge in [-0.3, -0.25) is 0 Å². The minimum absolute atomic E-state index is 0.194. The summed E-state index contributed by atoms with van der Waals surface area (Å²) in [6, 6.07) is 0. The van der Waals surface area contributed by atoms with Gasteiger partial charge in [0.2, 0.25) is 0 Å². The second-order valence-corrected chi connectivity index (χ2v) is 2.44. The van der Waals surface area contributed by atoms with Gasteiger partial charge in [0.15, 0.2) is 0 Å². The Morgan fingerprint density at radius 3 is 2.30 bits per heavy atom. The van der Waals surface area contributed by atoms with Gasteiger partial charge in [-0.25, -0.2) is 0 Å². The second-order valence-electron chi connectivity index (χ2n) is 1.55.